The molecule has 0 unspecified atom stereocenters. The summed E-state index contributed by atoms with van der Waals surface area (Å²) in [6.07, 6.45) is 0.997. The molecule has 0 saturated carbocycles. The fourth-order valence-corrected chi connectivity index (χ4v) is 2.16. The van der Waals surface area contributed by atoms with Gasteiger partial charge in [-0.2, -0.15) is 5.10 Å². The van der Waals surface area contributed by atoms with Crippen molar-refractivity contribution in [2.45, 2.75) is 6.92 Å². The molecule has 10 heteroatoms. The van der Waals surface area contributed by atoms with Crippen LogP contribution < -0.4 is 14.9 Å². The number of halogens is 1. The Hall–Kier alpha value is -3.82. The number of ether oxygens (including phenoxy) is 2. The van der Waals surface area contributed by atoms with Crippen molar-refractivity contribution >= 4 is 23.8 Å². The fourth-order valence-electron chi connectivity index (χ4n) is 2.16. The number of hydrogen-bond acceptors (Lipinski definition) is 7. The second-order valence-electron chi connectivity index (χ2n) is 5.06. The van der Waals surface area contributed by atoms with Gasteiger partial charge in [-0.15, -0.1) is 0 Å². The predicted octanol–water partition coefficient (Wildman–Crippen LogP) is 2.43. The molecule has 0 aliphatic carbocycles. The van der Waals surface area contributed by atoms with E-state index < -0.39 is 28.3 Å². The molecular weight excluding hydrogens is 361 g/mol. The van der Waals surface area contributed by atoms with E-state index in [9.17, 15) is 24.1 Å². The van der Waals surface area contributed by atoms with E-state index in [1.54, 1.807) is 0 Å². The van der Waals surface area contributed by atoms with Crippen LogP contribution >= 0.6 is 0 Å². The van der Waals surface area contributed by atoms with Crippen molar-refractivity contribution in [3.8, 4) is 11.5 Å². The van der Waals surface area contributed by atoms with Crippen molar-refractivity contribution in [2.24, 2.45) is 5.10 Å². The molecule has 2 rings (SSSR count). The van der Waals surface area contributed by atoms with E-state index in [2.05, 4.69) is 10.5 Å². The van der Waals surface area contributed by atoms with Crippen LogP contribution in [0.1, 0.15) is 22.8 Å². The van der Waals surface area contributed by atoms with Crippen molar-refractivity contribution in [2.75, 3.05) is 7.11 Å². The van der Waals surface area contributed by atoms with Gasteiger partial charge in [0.1, 0.15) is 5.82 Å². The summed E-state index contributed by atoms with van der Waals surface area (Å²) in [5, 5.41) is 15.0. The number of nitrogens with one attached hydrogen (secondary N) is 1. The summed E-state index contributed by atoms with van der Waals surface area (Å²) in [7, 11) is 1.18. The van der Waals surface area contributed by atoms with Crippen LogP contribution in [0.3, 0.4) is 0 Å². The van der Waals surface area contributed by atoms with E-state index in [0.29, 0.717) is 0 Å². The summed E-state index contributed by atoms with van der Waals surface area (Å²) < 4.78 is 23.4. The normalized spacial score (nSPS) is 10.5. The number of methoxy groups -OCH3 is 1. The minimum absolute atomic E-state index is 0.0263. The van der Waals surface area contributed by atoms with Gasteiger partial charge in [-0.25, -0.2) is 9.82 Å². The molecule has 0 heterocycles. The number of nitro benzene ring substituents is 1. The Morgan fingerprint density at radius 3 is 2.56 bits per heavy atom. The lowest BCUT2D eigenvalue weighted by Crippen LogP contribution is -2.19. The number of amides is 1. The highest BCUT2D eigenvalue weighted by Gasteiger charge is 2.25. The molecule has 0 saturated heterocycles. The highest BCUT2D eigenvalue weighted by atomic mass is 19.1. The number of nitro groups is 1. The maximum Gasteiger partial charge on any atom is 0.323 e. The largest absolute Gasteiger partial charge is 0.488 e. The van der Waals surface area contributed by atoms with Crippen molar-refractivity contribution < 1.29 is 28.4 Å². The average Bonchev–Trinajstić information content (AvgIpc) is 2.61. The van der Waals surface area contributed by atoms with Crippen molar-refractivity contribution in [1.82, 2.24) is 5.43 Å². The van der Waals surface area contributed by atoms with Gasteiger partial charge in [0, 0.05) is 6.92 Å². The van der Waals surface area contributed by atoms with Crippen LogP contribution in [0.4, 0.5) is 10.1 Å². The smallest absolute Gasteiger partial charge is 0.323 e. The molecule has 0 atom stereocenters. The molecule has 1 amide bonds. The molecule has 0 aromatic heterocycles. The van der Waals surface area contributed by atoms with Gasteiger partial charge in [0.15, 0.2) is 5.75 Å². The highest BCUT2D eigenvalue weighted by Crippen LogP contribution is 2.39. The first-order valence-electron chi connectivity index (χ1n) is 7.47. The van der Waals surface area contributed by atoms with Crippen molar-refractivity contribution in [1.29, 1.82) is 0 Å². The third-order valence-corrected chi connectivity index (χ3v) is 3.26. The molecule has 0 bridgehead atoms. The quantitative estimate of drug-likeness (QED) is 0.272. The monoisotopic (exact) mass is 375 g/mol. The Balaban J connectivity index is 2.31. The van der Waals surface area contributed by atoms with Crippen LogP contribution in [0.25, 0.3) is 0 Å². The van der Waals surface area contributed by atoms with Crippen molar-refractivity contribution in [3.63, 3.8) is 0 Å². The van der Waals surface area contributed by atoms with Gasteiger partial charge in [0.05, 0.1) is 29.4 Å². The minimum atomic E-state index is -0.824. The molecule has 140 valence electrons. The van der Waals surface area contributed by atoms with Crippen LogP contribution in [0, 0.1) is 15.9 Å². The maximum atomic E-state index is 13.5. The summed E-state index contributed by atoms with van der Waals surface area (Å²) in [5.74, 6) is -2.65. The fraction of sp³-hybridized carbons (Fsp3) is 0.118. The van der Waals surface area contributed by atoms with Crippen LogP contribution in [0.15, 0.2) is 41.5 Å². The maximum absolute atomic E-state index is 13.5. The Kier molecular flexibility index (Phi) is 6.15. The lowest BCUT2D eigenvalue weighted by atomic mass is 10.1. The van der Waals surface area contributed by atoms with E-state index in [1.165, 1.54) is 37.4 Å². The van der Waals surface area contributed by atoms with Crippen LogP contribution in [0.5, 0.6) is 11.5 Å². The molecule has 0 fully saturated rings. The SMILES string of the molecule is COc1c(OC(C)=O)ccc(/C=N\NC(=O)c2ccccc2F)c1[N+](=O)[O-]. The average molecular weight is 375 g/mol. The molecule has 0 spiro atoms. The summed E-state index contributed by atoms with van der Waals surface area (Å²) in [6.45, 7) is 1.14. The molecule has 2 aromatic carbocycles. The van der Waals surface area contributed by atoms with E-state index in [1.807, 2.05) is 0 Å². The first-order valence-corrected chi connectivity index (χ1v) is 7.47. The molecule has 27 heavy (non-hydrogen) atoms. The summed E-state index contributed by atoms with van der Waals surface area (Å²) in [4.78, 5) is 33.6. The van der Waals surface area contributed by atoms with Crippen LogP contribution in [-0.2, 0) is 4.79 Å². The Morgan fingerprint density at radius 1 is 1.26 bits per heavy atom. The van der Waals surface area contributed by atoms with Crippen molar-refractivity contribution in [3.05, 3.63) is 63.5 Å². The first kappa shape index (κ1) is 19.5. The summed E-state index contributed by atoms with van der Waals surface area (Å²) in [6, 6.07) is 7.83. The number of rotatable bonds is 6. The number of hydrogen-bond donors (Lipinski definition) is 1. The Labute approximate surface area is 152 Å². The number of hydrazone groups is 1. The zero-order chi connectivity index (χ0) is 20.0. The molecule has 0 aliphatic heterocycles. The van der Waals surface area contributed by atoms with Crippen LogP contribution in [0.2, 0.25) is 0 Å². The second kappa shape index (κ2) is 8.52. The topological polar surface area (TPSA) is 120 Å². The summed E-state index contributed by atoms with van der Waals surface area (Å²) >= 11 is 0. The number of carbonyl (C=O) groups excluding carboxylic acids is 2. The van der Waals surface area contributed by atoms with Gasteiger partial charge in [-0.05, 0) is 24.3 Å². The molecule has 2 aromatic rings. The van der Waals surface area contributed by atoms with Gasteiger partial charge < -0.3 is 9.47 Å². The van der Waals surface area contributed by atoms with E-state index in [-0.39, 0.29) is 22.6 Å². The minimum Gasteiger partial charge on any atom is -0.488 e. The highest BCUT2D eigenvalue weighted by molar-refractivity contribution is 5.95. The van der Waals surface area contributed by atoms with Gasteiger partial charge >= 0.3 is 11.7 Å². The summed E-state index contributed by atoms with van der Waals surface area (Å²) in [5.41, 5.74) is 1.31. The molecule has 0 aliphatic rings. The van der Waals surface area contributed by atoms with E-state index in [0.717, 1.165) is 19.2 Å². The molecular formula is C17H14FN3O6. The van der Waals surface area contributed by atoms with Gasteiger partial charge in [0.25, 0.3) is 5.91 Å². The zero-order valence-corrected chi connectivity index (χ0v) is 14.3. The third kappa shape index (κ3) is 4.63. The number of nitrogens with zero attached hydrogens (tertiary/aromatic N) is 2. The van der Waals surface area contributed by atoms with E-state index >= 15 is 0 Å². The molecule has 9 nitrogen and oxygen atoms in total. The predicted molar refractivity (Wildman–Crippen MR) is 92.4 cm³/mol. The number of carbonyl (C=O) groups is 2. The third-order valence-electron chi connectivity index (χ3n) is 3.26. The van der Waals surface area contributed by atoms with Gasteiger partial charge in [-0.3, -0.25) is 19.7 Å². The van der Waals surface area contributed by atoms with Gasteiger partial charge in [0.2, 0.25) is 5.75 Å². The Morgan fingerprint density at radius 2 is 1.96 bits per heavy atom. The molecule has 1 N–H and O–H groups in total. The Bertz CT molecular complexity index is 929. The lowest BCUT2D eigenvalue weighted by Gasteiger charge is -2.09. The standard InChI is InChI=1S/C17H14FN3O6/c1-10(22)27-14-8-7-11(15(21(24)25)16(14)26-2)9-19-20-17(23)12-5-3-4-6-13(12)18/h3-9H,1-2H3,(H,20,23)/b19-9-. The molecule has 0 radical (unpaired) electrons. The number of esters is 1. The first-order chi connectivity index (χ1) is 12.8. The lowest BCUT2D eigenvalue weighted by molar-refractivity contribution is -0.385. The zero-order valence-electron chi connectivity index (χ0n) is 14.3. The second-order valence-corrected chi connectivity index (χ2v) is 5.06. The van der Waals surface area contributed by atoms with Gasteiger partial charge in [-0.1, -0.05) is 12.1 Å². The van der Waals surface area contributed by atoms with E-state index in [4.69, 9.17) is 9.47 Å². The van der Waals surface area contributed by atoms with Crippen LogP contribution in [-0.4, -0.2) is 30.1 Å². The number of benzene rings is 2.